The largest absolute Gasteiger partial charge is 0.354 e. The minimum Gasteiger partial charge on any atom is -0.354 e. The maximum atomic E-state index is 13.6. The summed E-state index contributed by atoms with van der Waals surface area (Å²) in [5.41, 5.74) is 6.80. The van der Waals surface area contributed by atoms with Crippen LogP contribution in [-0.2, 0) is 0 Å². The van der Waals surface area contributed by atoms with Gasteiger partial charge in [-0.1, -0.05) is 78.3 Å². The van der Waals surface area contributed by atoms with E-state index in [1.54, 1.807) is 0 Å². The molecule has 0 aliphatic carbocycles. The Morgan fingerprint density at radius 3 is 2.25 bits per heavy atom. The smallest absolute Gasteiger partial charge is 0.259 e. The third kappa shape index (κ3) is 2.86. The maximum Gasteiger partial charge on any atom is 0.259 e. The summed E-state index contributed by atoms with van der Waals surface area (Å²) in [5.74, 6) is 0.0177. The fourth-order valence-electron chi connectivity index (χ4n) is 4.75. The molecule has 0 fully saturated rings. The van der Waals surface area contributed by atoms with Crippen molar-refractivity contribution in [3.05, 3.63) is 125 Å². The summed E-state index contributed by atoms with van der Waals surface area (Å²) in [6.45, 7) is 0. The molecule has 1 aromatic heterocycles. The van der Waals surface area contributed by atoms with Crippen molar-refractivity contribution < 1.29 is 4.79 Å². The highest BCUT2D eigenvalue weighted by Crippen LogP contribution is 2.47. The highest BCUT2D eigenvalue weighted by atomic mass is 35.5. The normalized spacial score (nSPS) is 15.3. The van der Waals surface area contributed by atoms with Crippen LogP contribution in [0.4, 0.5) is 5.69 Å². The third-order valence-electron chi connectivity index (χ3n) is 6.15. The first-order chi connectivity index (χ1) is 15.7. The van der Waals surface area contributed by atoms with E-state index in [9.17, 15) is 4.79 Å². The number of carbonyl (C=O) groups is 1. The van der Waals surface area contributed by atoms with Gasteiger partial charge in [-0.15, -0.1) is 0 Å². The van der Waals surface area contributed by atoms with Crippen LogP contribution in [0, 0.1) is 0 Å². The number of nitrogens with zero attached hydrogens (tertiary/aromatic N) is 1. The average Bonchev–Trinajstić information content (AvgIpc) is 3.35. The first kappa shape index (κ1) is 18.9. The van der Waals surface area contributed by atoms with Gasteiger partial charge in [-0.05, 0) is 47.5 Å². The number of carbonyl (C=O) groups excluding carboxylic acids is 1. The number of fused-ring (bicyclic) bond motifs is 2. The van der Waals surface area contributed by atoms with Gasteiger partial charge in [0.25, 0.3) is 5.91 Å². The number of amides is 1. The van der Waals surface area contributed by atoms with E-state index in [-0.39, 0.29) is 11.9 Å². The second-order valence-electron chi connectivity index (χ2n) is 7.97. The molecule has 1 aliphatic heterocycles. The monoisotopic (exact) mass is 434 g/mol. The Kier molecular flexibility index (Phi) is 4.37. The van der Waals surface area contributed by atoms with Crippen molar-refractivity contribution in [3.63, 3.8) is 0 Å². The molecule has 3 nitrogen and oxygen atoms in total. The van der Waals surface area contributed by atoms with Crippen molar-refractivity contribution in [1.82, 2.24) is 4.98 Å². The lowest BCUT2D eigenvalue weighted by Crippen LogP contribution is -2.28. The molecule has 0 radical (unpaired) electrons. The van der Waals surface area contributed by atoms with Crippen molar-refractivity contribution in [1.29, 1.82) is 0 Å². The molecule has 0 saturated carbocycles. The van der Waals surface area contributed by atoms with Crippen LogP contribution in [0.25, 0.3) is 22.2 Å². The zero-order chi connectivity index (χ0) is 21.7. The quantitative estimate of drug-likeness (QED) is 0.319. The number of halogens is 1. The topological polar surface area (TPSA) is 36.1 Å². The van der Waals surface area contributed by atoms with E-state index in [0.29, 0.717) is 5.02 Å². The molecule has 5 aromatic rings. The summed E-state index contributed by atoms with van der Waals surface area (Å²) in [7, 11) is 0. The van der Waals surface area contributed by atoms with Gasteiger partial charge in [0, 0.05) is 32.7 Å². The van der Waals surface area contributed by atoms with E-state index >= 15 is 0 Å². The van der Waals surface area contributed by atoms with Crippen molar-refractivity contribution in [2.75, 3.05) is 4.90 Å². The van der Waals surface area contributed by atoms with Gasteiger partial charge in [0.2, 0.25) is 0 Å². The molecule has 6 rings (SSSR count). The summed E-state index contributed by atoms with van der Waals surface area (Å²) in [4.78, 5) is 19.2. The number of benzene rings is 4. The van der Waals surface area contributed by atoms with Crippen LogP contribution in [0.5, 0.6) is 0 Å². The van der Waals surface area contributed by atoms with Gasteiger partial charge in [0.1, 0.15) is 0 Å². The van der Waals surface area contributed by atoms with Crippen molar-refractivity contribution in [2.24, 2.45) is 0 Å². The molecule has 0 saturated heterocycles. The number of anilines is 1. The number of para-hydroxylation sites is 2. The van der Waals surface area contributed by atoms with E-state index in [2.05, 4.69) is 23.2 Å². The predicted molar refractivity (Wildman–Crippen MR) is 130 cm³/mol. The molecule has 32 heavy (non-hydrogen) atoms. The van der Waals surface area contributed by atoms with Crippen molar-refractivity contribution >= 4 is 34.1 Å². The number of nitrogens with one attached hydrogen (secondary N) is 1. The molecular weight excluding hydrogens is 416 g/mol. The van der Waals surface area contributed by atoms with Gasteiger partial charge < -0.3 is 4.98 Å². The highest BCUT2D eigenvalue weighted by Gasteiger charge is 2.40. The minimum absolute atomic E-state index is 0.0177. The minimum atomic E-state index is -0.247. The molecule has 0 spiro atoms. The van der Waals surface area contributed by atoms with Crippen LogP contribution >= 0.6 is 11.6 Å². The van der Waals surface area contributed by atoms with Gasteiger partial charge in [0.05, 0.1) is 11.7 Å². The number of hydrogen-bond acceptors (Lipinski definition) is 1. The maximum absolute atomic E-state index is 13.6. The zero-order valence-electron chi connectivity index (χ0n) is 17.1. The Bertz CT molecular complexity index is 1450. The van der Waals surface area contributed by atoms with Gasteiger partial charge in [-0.2, -0.15) is 0 Å². The molecule has 0 bridgehead atoms. The average molecular weight is 435 g/mol. The standard InChI is InChI=1S/C28H19ClN2O/c29-19-16-14-18(15-17-19)26-25(23-12-6-7-13-24(23)30-26)27-21-10-4-5-11-22(21)28(32)31(27)20-8-2-1-3-9-20/h1-17,27,30H/t27-/m0/s1. The first-order valence-corrected chi connectivity index (χ1v) is 10.9. The molecule has 1 atom stereocenters. The Hall–Kier alpha value is -3.82. The Morgan fingerprint density at radius 1 is 0.750 bits per heavy atom. The van der Waals surface area contributed by atoms with Crippen LogP contribution < -0.4 is 4.90 Å². The van der Waals surface area contributed by atoms with Gasteiger partial charge >= 0.3 is 0 Å². The molecule has 0 unspecified atom stereocenters. The Morgan fingerprint density at radius 2 is 1.44 bits per heavy atom. The van der Waals surface area contributed by atoms with Crippen molar-refractivity contribution in [3.8, 4) is 11.3 Å². The second kappa shape index (κ2) is 7.40. The summed E-state index contributed by atoms with van der Waals surface area (Å²) in [5, 5.41) is 1.80. The second-order valence-corrected chi connectivity index (χ2v) is 8.40. The van der Waals surface area contributed by atoms with E-state index in [0.717, 1.165) is 44.5 Å². The lowest BCUT2D eigenvalue weighted by atomic mass is 9.93. The summed E-state index contributed by atoms with van der Waals surface area (Å²) >= 11 is 6.17. The highest BCUT2D eigenvalue weighted by molar-refractivity contribution is 6.30. The van der Waals surface area contributed by atoms with Crippen molar-refractivity contribution in [2.45, 2.75) is 6.04 Å². The Labute approximate surface area is 190 Å². The number of rotatable bonds is 3. The van der Waals surface area contributed by atoms with Gasteiger partial charge in [-0.25, -0.2) is 0 Å². The third-order valence-corrected chi connectivity index (χ3v) is 6.40. The molecule has 4 heteroatoms. The van der Waals surface area contributed by atoms with Crippen LogP contribution in [0.2, 0.25) is 5.02 Å². The lowest BCUT2D eigenvalue weighted by Gasteiger charge is -2.27. The lowest BCUT2D eigenvalue weighted by molar-refractivity contribution is 0.0993. The number of aromatic amines is 1. The van der Waals surface area contributed by atoms with Crippen LogP contribution in [0.1, 0.15) is 27.5 Å². The van der Waals surface area contributed by atoms with Crippen LogP contribution in [-0.4, -0.2) is 10.9 Å². The Balaban J connectivity index is 1.67. The molecule has 1 N–H and O–H groups in total. The number of aromatic nitrogens is 1. The zero-order valence-corrected chi connectivity index (χ0v) is 17.9. The fraction of sp³-hybridized carbons (Fsp3) is 0.0357. The van der Waals surface area contributed by atoms with E-state index < -0.39 is 0 Å². The molecule has 1 aliphatic rings. The molecular formula is C28H19ClN2O. The molecule has 1 amide bonds. The summed E-state index contributed by atoms with van der Waals surface area (Å²) in [6, 6.07) is 33.7. The summed E-state index contributed by atoms with van der Waals surface area (Å²) < 4.78 is 0. The SMILES string of the molecule is O=C1c2ccccc2[C@@H](c2c(-c3ccc(Cl)cc3)[nH]c3ccccc23)N1c1ccccc1. The fourth-order valence-corrected chi connectivity index (χ4v) is 4.87. The van der Waals surface area contributed by atoms with E-state index in [1.807, 2.05) is 89.8 Å². The number of hydrogen-bond donors (Lipinski definition) is 1. The summed E-state index contributed by atoms with van der Waals surface area (Å²) in [6.07, 6.45) is 0. The van der Waals surface area contributed by atoms with E-state index in [4.69, 9.17) is 11.6 Å². The van der Waals surface area contributed by atoms with Gasteiger partial charge in [0.15, 0.2) is 0 Å². The van der Waals surface area contributed by atoms with E-state index in [1.165, 1.54) is 0 Å². The van der Waals surface area contributed by atoms with Crippen LogP contribution in [0.15, 0.2) is 103 Å². The molecule has 2 heterocycles. The van der Waals surface area contributed by atoms with Crippen LogP contribution in [0.3, 0.4) is 0 Å². The van der Waals surface area contributed by atoms with Gasteiger partial charge in [-0.3, -0.25) is 9.69 Å². The molecule has 154 valence electrons. The first-order valence-electron chi connectivity index (χ1n) is 10.6. The predicted octanol–water partition coefficient (Wildman–Crippen LogP) is 7.24. The molecule has 4 aromatic carbocycles. The number of H-pyrrole nitrogens is 1.